The molecule has 1 aromatic heterocycles. The number of hydrogen-bond acceptors (Lipinski definition) is 5. The monoisotopic (exact) mass is 340 g/mol. The second-order valence-corrected chi connectivity index (χ2v) is 5.82. The van der Waals surface area contributed by atoms with Gasteiger partial charge in [-0.05, 0) is 26.7 Å². The first-order valence-corrected chi connectivity index (χ1v) is 7.87. The van der Waals surface area contributed by atoms with Crippen molar-refractivity contribution in [3.8, 4) is 0 Å². The fourth-order valence-electron chi connectivity index (χ4n) is 2.61. The lowest BCUT2D eigenvalue weighted by molar-refractivity contribution is -0.386. The molecule has 0 bridgehead atoms. The number of aliphatic carboxylic acids is 1. The molecule has 0 aliphatic heterocycles. The minimum Gasteiger partial charge on any atom is -0.481 e. The van der Waals surface area contributed by atoms with Gasteiger partial charge in [-0.3, -0.25) is 24.4 Å². The van der Waals surface area contributed by atoms with Crippen molar-refractivity contribution in [3.05, 3.63) is 21.5 Å². The van der Waals surface area contributed by atoms with E-state index in [0.717, 1.165) is 0 Å². The summed E-state index contributed by atoms with van der Waals surface area (Å²) in [5.41, 5.74) is -0.309. The molecule has 0 radical (unpaired) electrons. The maximum Gasteiger partial charge on any atom is 0.312 e. The first-order chi connectivity index (χ1) is 11.2. The number of amides is 1. The van der Waals surface area contributed by atoms with Gasteiger partial charge in [-0.2, -0.15) is 5.10 Å². The molecule has 0 saturated heterocycles. The van der Waals surface area contributed by atoms with E-state index in [1.54, 1.807) is 27.7 Å². The van der Waals surface area contributed by atoms with Crippen molar-refractivity contribution in [3.63, 3.8) is 0 Å². The first kappa shape index (κ1) is 19.6. The number of carbonyl (C=O) groups excluding carboxylic acids is 1. The Morgan fingerprint density at radius 3 is 2.33 bits per heavy atom. The zero-order valence-corrected chi connectivity index (χ0v) is 14.5. The molecule has 0 aromatic carbocycles. The van der Waals surface area contributed by atoms with E-state index in [0.29, 0.717) is 24.2 Å². The molecule has 0 unspecified atom stereocenters. The van der Waals surface area contributed by atoms with Crippen LogP contribution >= 0.6 is 0 Å². The Bertz CT molecular complexity index is 634. The van der Waals surface area contributed by atoms with Crippen LogP contribution in [-0.2, 0) is 16.1 Å². The first-order valence-electron chi connectivity index (χ1n) is 7.87. The molecule has 0 saturated carbocycles. The van der Waals surface area contributed by atoms with Gasteiger partial charge >= 0.3 is 11.7 Å². The average molecular weight is 340 g/mol. The molecule has 1 amide bonds. The fourth-order valence-corrected chi connectivity index (χ4v) is 2.61. The summed E-state index contributed by atoms with van der Waals surface area (Å²) in [6.45, 7) is 6.94. The highest BCUT2D eigenvalue weighted by atomic mass is 16.6. The lowest BCUT2D eigenvalue weighted by atomic mass is 9.82. The Hall–Kier alpha value is -2.45. The zero-order chi connectivity index (χ0) is 18.5. The minimum atomic E-state index is -0.966. The van der Waals surface area contributed by atoms with Crippen LogP contribution in [0.15, 0.2) is 0 Å². The summed E-state index contributed by atoms with van der Waals surface area (Å²) < 4.78 is 1.43. The van der Waals surface area contributed by atoms with Gasteiger partial charge in [0.25, 0.3) is 0 Å². The summed E-state index contributed by atoms with van der Waals surface area (Å²) >= 11 is 0. The van der Waals surface area contributed by atoms with Crippen LogP contribution in [0.3, 0.4) is 0 Å². The van der Waals surface area contributed by atoms with Crippen molar-refractivity contribution < 1.29 is 19.6 Å². The van der Waals surface area contributed by atoms with Crippen molar-refractivity contribution >= 4 is 17.6 Å². The Labute approximate surface area is 140 Å². The predicted molar refractivity (Wildman–Crippen MR) is 86.6 cm³/mol. The van der Waals surface area contributed by atoms with Gasteiger partial charge in [0.2, 0.25) is 5.91 Å². The van der Waals surface area contributed by atoms with E-state index in [9.17, 15) is 24.8 Å². The van der Waals surface area contributed by atoms with Crippen LogP contribution in [0.5, 0.6) is 0 Å². The molecule has 1 aromatic rings. The molecule has 1 rings (SSSR count). The number of carboxylic acids is 1. The molecule has 9 heteroatoms. The van der Waals surface area contributed by atoms with Gasteiger partial charge in [0.15, 0.2) is 0 Å². The maximum absolute atomic E-state index is 12.0. The summed E-state index contributed by atoms with van der Waals surface area (Å²) in [4.78, 5) is 33.8. The number of nitrogens with zero attached hydrogens (tertiary/aromatic N) is 3. The van der Waals surface area contributed by atoms with Gasteiger partial charge in [0.05, 0.1) is 16.9 Å². The van der Waals surface area contributed by atoms with Gasteiger partial charge in [-0.25, -0.2) is 0 Å². The molecule has 0 fully saturated rings. The maximum atomic E-state index is 12.0. The Balaban J connectivity index is 2.66. The van der Waals surface area contributed by atoms with Gasteiger partial charge in [0, 0.05) is 13.0 Å². The summed E-state index contributed by atoms with van der Waals surface area (Å²) in [5, 5.41) is 27.0. The van der Waals surface area contributed by atoms with Crippen LogP contribution in [0, 0.1) is 29.4 Å². The standard InChI is InChI=1S/C15H24N4O5/c1-5-15(6-2,14(21)22)9-16-12(20)7-8-18-11(4)13(19(23)24)10(3)17-18/h5-9H2,1-4H3,(H,16,20)(H,21,22). The fraction of sp³-hybridized carbons (Fsp3) is 0.667. The zero-order valence-electron chi connectivity index (χ0n) is 14.5. The Morgan fingerprint density at radius 2 is 1.92 bits per heavy atom. The van der Waals surface area contributed by atoms with E-state index in [2.05, 4.69) is 10.4 Å². The number of aromatic nitrogens is 2. The molecule has 0 aliphatic carbocycles. The largest absolute Gasteiger partial charge is 0.481 e. The molecule has 134 valence electrons. The van der Waals surface area contributed by atoms with E-state index in [-0.39, 0.29) is 31.1 Å². The van der Waals surface area contributed by atoms with Crippen LogP contribution in [0.4, 0.5) is 5.69 Å². The number of carboxylic acid groups (broad SMARTS) is 1. The normalized spacial score (nSPS) is 11.3. The average Bonchev–Trinajstić information content (AvgIpc) is 2.80. The van der Waals surface area contributed by atoms with E-state index < -0.39 is 16.3 Å². The number of nitrogens with one attached hydrogen (secondary N) is 1. The predicted octanol–water partition coefficient (Wildman–Crippen LogP) is 1.81. The molecule has 0 aliphatic rings. The van der Waals surface area contributed by atoms with Crippen LogP contribution in [0.25, 0.3) is 0 Å². The highest BCUT2D eigenvalue weighted by Crippen LogP contribution is 2.26. The third-order valence-electron chi connectivity index (χ3n) is 4.51. The van der Waals surface area contributed by atoms with Crippen molar-refractivity contribution in [2.75, 3.05) is 6.54 Å². The van der Waals surface area contributed by atoms with Crippen molar-refractivity contribution in [1.29, 1.82) is 0 Å². The Morgan fingerprint density at radius 1 is 1.33 bits per heavy atom. The smallest absolute Gasteiger partial charge is 0.312 e. The summed E-state index contributed by atoms with van der Waals surface area (Å²) in [6, 6.07) is 0. The van der Waals surface area contributed by atoms with Crippen LogP contribution in [0.2, 0.25) is 0 Å². The van der Waals surface area contributed by atoms with Crippen molar-refractivity contribution in [1.82, 2.24) is 15.1 Å². The lowest BCUT2D eigenvalue weighted by Gasteiger charge is -2.26. The van der Waals surface area contributed by atoms with E-state index in [4.69, 9.17) is 0 Å². The Kier molecular flexibility index (Phi) is 6.44. The summed E-state index contributed by atoms with van der Waals surface area (Å²) in [6.07, 6.45) is 0.910. The van der Waals surface area contributed by atoms with Crippen molar-refractivity contribution in [2.45, 2.75) is 53.5 Å². The van der Waals surface area contributed by atoms with Crippen LogP contribution in [-0.4, -0.2) is 38.2 Å². The third kappa shape index (κ3) is 4.09. The van der Waals surface area contributed by atoms with Gasteiger partial charge < -0.3 is 10.4 Å². The molecular weight excluding hydrogens is 316 g/mol. The lowest BCUT2D eigenvalue weighted by Crippen LogP contribution is -2.42. The second-order valence-electron chi connectivity index (χ2n) is 5.82. The van der Waals surface area contributed by atoms with E-state index in [1.807, 2.05) is 0 Å². The third-order valence-corrected chi connectivity index (χ3v) is 4.51. The highest BCUT2D eigenvalue weighted by molar-refractivity contribution is 5.79. The molecular formula is C15H24N4O5. The van der Waals surface area contributed by atoms with Gasteiger partial charge in [0.1, 0.15) is 11.4 Å². The van der Waals surface area contributed by atoms with E-state index >= 15 is 0 Å². The molecule has 9 nitrogen and oxygen atoms in total. The molecule has 0 atom stereocenters. The van der Waals surface area contributed by atoms with Gasteiger partial charge in [-0.15, -0.1) is 0 Å². The number of hydrogen-bond donors (Lipinski definition) is 2. The number of aryl methyl sites for hydroxylation is 2. The molecule has 1 heterocycles. The van der Waals surface area contributed by atoms with Crippen molar-refractivity contribution in [2.24, 2.45) is 5.41 Å². The number of carbonyl (C=O) groups is 2. The SMILES string of the molecule is CCC(CC)(CNC(=O)CCn1nc(C)c([N+](=O)[O-])c1C)C(=O)O. The summed E-state index contributed by atoms with van der Waals surface area (Å²) in [5.74, 6) is -1.24. The second kappa shape index (κ2) is 7.89. The quantitative estimate of drug-likeness (QED) is 0.521. The minimum absolute atomic E-state index is 0.0442. The van der Waals surface area contributed by atoms with Crippen LogP contribution in [0.1, 0.15) is 44.5 Å². The van der Waals surface area contributed by atoms with E-state index in [1.165, 1.54) is 4.68 Å². The highest BCUT2D eigenvalue weighted by Gasteiger charge is 2.35. The topological polar surface area (TPSA) is 127 Å². The molecule has 24 heavy (non-hydrogen) atoms. The number of rotatable bonds is 9. The number of nitro groups is 1. The molecule has 2 N–H and O–H groups in total. The van der Waals surface area contributed by atoms with Crippen LogP contribution < -0.4 is 5.32 Å². The van der Waals surface area contributed by atoms with Gasteiger partial charge in [-0.1, -0.05) is 13.8 Å². The summed E-state index contributed by atoms with van der Waals surface area (Å²) in [7, 11) is 0. The molecule has 0 spiro atoms.